The molecule has 0 spiro atoms. The van der Waals surface area contributed by atoms with E-state index in [0.717, 1.165) is 0 Å². The van der Waals surface area contributed by atoms with Gasteiger partial charge in [-0.25, -0.2) is 0 Å². The second kappa shape index (κ2) is 12.5. The number of hydrogen-bond acceptors (Lipinski definition) is 4. The van der Waals surface area contributed by atoms with Crippen LogP contribution in [0.5, 0.6) is 0 Å². The van der Waals surface area contributed by atoms with Gasteiger partial charge in [0, 0.05) is 18.8 Å². The minimum Gasteiger partial charge on any atom is -0.371 e. The highest BCUT2D eigenvalue weighted by Crippen LogP contribution is 2.25. The Morgan fingerprint density at radius 1 is 0.654 bits per heavy atom. The Bertz CT molecular complexity index is 465. The minimum atomic E-state index is 0.236. The summed E-state index contributed by atoms with van der Waals surface area (Å²) in [4.78, 5) is 2.62. The summed E-state index contributed by atoms with van der Waals surface area (Å²) in [5.41, 5.74) is 3.07. The van der Waals surface area contributed by atoms with Crippen LogP contribution in [0.3, 0.4) is 0 Å². The Labute approximate surface area is 174 Å². The number of rotatable bonds is 1. The maximum absolute atomic E-state index is 2.62. The molecule has 0 bridgehead atoms. The lowest BCUT2D eigenvalue weighted by Gasteiger charge is -2.26. The molecule has 2 rings (SSSR count). The Kier molecular flexibility index (Phi) is 10.8. The van der Waals surface area contributed by atoms with Gasteiger partial charge in [0.2, 0.25) is 0 Å². The third kappa shape index (κ3) is 8.84. The molecule has 0 radical (unpaired) electrons. The predicted molar refractivity (Wildman–Crippen MR) is 128 cm³/mol. The summed E-state index contributed by atoms with van der Waals surface area (Å²) < 4.78 is 0. The third-order valence-electron chi connectivity index (χ3n) is 4.69. The normalized spacial score (nSPS) is 20.0. The summed E-state index contributed by atoms with van der Waals surface area (Å²) in [6, 6.07) is 9.35. The van der Waals surface area contributed by atoms with E-state index < -0.39 is 0 Å². The smallest absolute Gasteiger partial charge is 0.0366 e. The van der Waals surface area contributed by atoms with Gasteiger partial charge in [-0.1, -0.05) is 32.9 Å². The largest absolute Gasteiger partial charge is 0.371 e. The zero-order chi connectivity index (χ0) is 18.7. The standard InChI is InChI=1S/C22H37NS3/c1-22(2,3)20-8-10-21(11-9-20)23-12-4-14-24-16-6-18-26-19-7-17-25-15-5-13-23/h8-11H,4-7,12-19H2,1-3H3. The van der Waals surface area contributed by atoms with Crippen molar-refractivity contribution in [3.8, 4) is 0 Å². The first-order chi connectivity index (χ1) is 12.6. The maximum atomic E-state index is 2.62. The van der Waals surface area contributed by atoms with Crippen molar-refractivity contribution < 1.29 is 0 Å². The molecule has 0 amide bonds. The van der Waals surface area contributed by atoms with Crippen LogP contribution in [0.15, 0.2) is 24.3 Å². The topological polar surface area (TPSA) is 3.24 Å². The Hall–Kier alpha value is 0.0700. The molecule has 1 saturated heterocycles. The van der Waals surface area contributed by atoms with Crippen LogP contribution in [0, 0.1) is 0 Å². The maximum Gasteiger partial charge on any atom is 0.0366 e. The molecule has 26 heavy (non-hydrogen) atoms. The zero-order valence-corrected chi connectivity index (χ0v) is 19.4. The summed E-state index contributed by atoms with van der Waals surface area (Å²) in [7, 11) is 0. The molecule has 0 unspecified atom stereocenters. The summed E-state index contributed by atoms with van der Waals surface area (Å²) in [6.45, 7) is 9.27. The average Bonchev–Trinajstić information content (AvgIpc) is 2.61. The van der Waals surface area contributed by atoms with E-state index in [1.165, 1.54) is 84.5 Å². The quantitative estimate of drug-likeness (QED) is 0.514. The molecule has 0 aliphatic carbocycles. The predicted octanol–water partition coefficient (Wildman–Crippen LogP) is 6.56. The summed E-state index contributed by atoms with van der Waals surface area (Å²) >= 11 is 6.45. The molecule has 0 saturated carbocycles. The number of anilines is 1. The van der Waals surface area contributed by atoms with Gasteiger partial charge in [0.25, 0.3) is 0 Å². The minimum absolute atomic E-state index is 0.236. The molecule has 1 nitrogen and oxygen atoms in total. The van der Waals surface area contributed by atoms with Crippen LogP contribution >= 0.6 is 35.3 Å². The van der Waals surface area contributed by atoms with Gasteiger partial charge in [-0.15, -0.1) is 0 Å². The molecule has 1 aliphatic rings. The Morgan fingerprint density at radius 3 is 1.50 bits per heavy atom. The van der Waals surface area contributed by atoms with Crippen LogP contribution < -0.4 is 4.90 Å². The first-order valence-electron chi connectivity index (χ1n) is 10.2. The molecule has 0 atom stereocenters. The lowest BCUT2D eigenvalue weighted by Crippen LogP contribution is -2.26. The lowest BCUT2D eigenvalue weighted by atomic mass is 9.87. The molecule has 1 heterocycles. The van der Waals surface area contributed by atoms with E-state index in [1.54, 1.807) is 0 Å². The van der Waals surface area contributed by atoms with Gasteiger partial charge in [-0.05, 0) is 83.3 Å². The second-order valence-electron chi connectivity index (χ2n) is 8.04. The zero-order valence-electron chi connectivity index (χ0n) is 17.0. The van der Waals surface area contributed by atoms with Crippen molar-refractivity contribution in [1.29, 1.82) is 0 Å². The SMILES string of the molecule is CC(C)(C)c1ccc(N2CCCSCCCSCCCSCCC2)cc1. The molecule has 1 aliphatic heterocycles. The highest BCUT2D eigenvalue weighted by atomic mass is 32.2. The van der Waals surface area contributed by atoms with E-state index in [9.17, 15) is 0 Å². The molecule has 1 fully saturated rings. The van der Waals surface area contributed by atoms with Crippen LogP contribution in [0.1, 0.15) is 52.0 Å². The number of nitrogens with zero attached hydrogens (tertiary/aromatic N) is 1. The summed E-state index contributed by atoms with van der Waals surface area (Å²) in [6.07, 6.45) is 5.35. The van der Waals surface area contributed by atoms with Gasteiger partial charge in [0.15, 0.2) is 0 Å². The number of thioether (sulfide) groups is 3. The van der Waals surface area contributed by atoms with Gasteiger partial charge in [0.1, 0.15) is 0 Å². The van der Waals surface area contributed by atoms with Crippen LogP contribution in [0.2, 0.25) is 0 Å². The first kappa shape index (κ1) is 22.4. The third-order valence-corrected chi connectivity index (χ3v) is 8.15. The number of benzene rings is 1. The van der Waals surface area contributed by atoms with Crippen molar-refractivity contribution in [3.63, 3.8) is 0 Å². The molecule has 0 N–H and O–H groups in total. The van der Waals surface area contributed by atoms with Crippen molar-refractivity contribution in [1.82, 2.24) is 0 Å². The molecule has 4 heteroatoms. The van der Waals surface area contributed by atoms with E-state index in [0.29, 0.717) is 0 Å². The number of hydrogen-bond donors (Lipinski definition) is 0. The molecule has 148 valence electrons. The summed E-state index contributed by atoms with van der Waals surface area (Å²) in [5.74, 6) is 7.98. The molecule has 1 aromatic rings. The van der Waals surface area contributed by atoms with Crippen LogP contribution in [0.25, 0.3) is 0 Å². The second-order valence-corrected chi connectivity index (χ2v) is 11.7. The van der Waals surface area contributed by atoms with Crippen LogP contribution in [-0.2, 0) is 5.41 Å². The molecular formula is C22H37NS3. The van der Waals surface area contributed by atoms with Crippen molar-refractivity contribution in [2.24, 2.45) is 0 Å². The lowest BCUT2D eigenvalue weighted by molar-refractivity contribution is 0.590. The fourth-order valence-electron chi connectivity index (χ4n) is 3.09. The van der Waals surface area contributed by atoms with Gasteiger partial charge >= 0.3 is 0 Å². The monoisotopic (exact) mass is 411 g/mol. The van der Waals surface area contributed by atoms with Crippen molar-refractivity contribution in [2.75, 3.05) is 52.5 Å². The average molecular weight is 412 g/mol. The van der Waals surface area contributed by atoms with Crippen molar-refractivity contribution >= 4 is 41.0 Å². The van der Waals surface area contributed by atoms with E-state index in [1.807, 2.05) is 0 Å². The van der Waals surface area contributed by atoms with Gasteiger partial charge < -0.3 is 4.90 Å². The van der Waals surface area contributed by atoms with Crippen molar-refractivity contribution in [2.45, 2.75) is 51.9 Å². The van der Waals surface area contributed by atoms with E-state index in [-0.39, 0.29) is 5.41 Å². The highest BCUT2D eigenvalue weighted by Gasteiger charge is 2.14. The fourth-order valence-corrected chi connectivity index (χ4v) is 6.13. The van der Waals surface area contributed by atoms with E-state index in [4.69, 9.17) is 0 Å². The van der Waals surface area contributed by atoms with Gasteiger partial charge in [0.05, 0.1) is 0 Å². The molecule has 0 aromatic heterocycles. The van der Waals surface area contributed by atoms with Gasteiger partial charge in [-0.3, -0.25) is 0 Å². The van der Waals surface area contributed by atoms with Crippen LogP contribution in [0.4, 0.5) is 5.69 Å². The van der Waals surface area contributed by atoms with Crippen LogP contribution in [-0.4, -0.2) is 47.6 Å². The van der Waals surface area contributed by atoms with E-state index in [2.05, 4.69) is 85.2 Å². The van der Waals surface area contributed by atoms with E-state index >= 15 is 0 Å². The Balaban J connectivity index is 1.91. The van der Waals surface area contributed by atoms with Crippen molar-refractivity contribution in [3.05, 3.63) is 29.8 Å². The summed E-state index contributed by atoms with van der Waals surface area (Å²) in [5, 5.41) is 0. The first-order valence-corrected chi connectivity index (χ1v) is 13.6. The molecular weight excluding hydrogens is 374 g/mol. The highest BCUT2D eigenvalue weighted by molar-refractivity contribution is 8.00. The molecule has 1 aromatic carbocycles. The Morgan fingerprint density at radius 2 is 1.08 bits per heavy atom. The van der Waals surface area contributed by atoms with Gasteiger partial charge in [-0.2, -0.15) is 35.3 Å². The fraction of sp³-hybridized carbons (Fsp3) is 0.727.